The minimum atomic E-state index is -0.888. The smallest absolute Gasteiger partial charge is 0.295 e. The van der Waals surface area contributed by atoms with Crippen molar-refractivity contribution in [2.75, 3.05) is 27.9 Å². The topological polar surface area (TPSA) is 94.2 Å². The van der Waals surface area contributed by atoms with Crippen LogP contribution in [0.25, 0.3) is 0 Å². The van der Waals surface area contributed by atoms with Gasteiger partial charge in [-0.25, -0.2) is 0 Å². The van der Waals surface area contributed by atoms with Crippen LogP contribution in [0.2, 0.25) is 0 Å². The summed E-state index contributed by atoms with van der Waals surface area (Å²) in [6.07, 6.45) is 0.551. The molecule has 32 heavy (non-hydrogen) atoms. The molecule has 0 aromatic heterocycles. The first kappa shape index (κ1) is 23.1. The highest BCUT2D eigenvalue weighted by Crippen LogP contribution is 2.39. The Morgan fingerprint density at radius 1 is 1.00 bits per heavy atom. The van der Waals surface area contributed by atoms with Crippen LogP contribution < -0.4 is 19.5 Å². The summed E-state index contributed by atoms with van der Waals surface area (Å²) in [6.45, 7) is 3.95. The van der Waals surface area contributed by atoms with Gasteiger partial charge in [0.2, 0.25) is 11.7 Å². The molecule has 8 nitrogen and oxygen atoms in total. The third kappa shape index (κ3) is 4.39. The normalized spacial score (nSPS) is 15.1. The van der Waals surface area contributed by atoms with Crippen molar-refractivity contribution in [1.29, 1.82) is 0 Å². The molecule has 0 radical (unpaired) electrons. The van der Waals surface area contributed by atoms with Gasteiger partial charge in [0.05, 0.1) is 21.3 Å². The molecule has 2 aromatic rings. The van der Waals surface area contributed by atoms with Crippen LogP contribution in [-0.4, -0.2) is 56.4 Å². The Morgan fingerprint density at radius 2 is 1.62 bits per heavy atom. The fourth-order valence-corrected chi connectivity index (χ4v) is 3.90. The molecule has 1 aliphatic heterocycles. The molecule has 0 fully saturated rings. The number of nitrogens with zero attached hydrogens (tertiary/aromatic N) is 1. The number of amides is 2. The molecule has 0 saturated heterocycles. The molecule has 3 rings (SSSR count). The maximum absolute atomic E-state index is 13.3. The van der Waals surface area contributed by atoms with Crippen LogP contribution in [0.3, 0.4) is 0 Å². The molecule has 1 unspecified atom stereocenters. The maximum atomic E-state index is 13.3. The van der Waals surface area contributed by atoms with Crippen molar-refractivity contribution in [2.45, 2.75) is 32.4 Å². The molecule has 0 spiro atoms. The van der Waals surface area contributed by atoms with Crippen LogP contribution in [0.1, 0.15) is 41.4 Å². The molecular weight excluding hydrogens is 412 g/mol. The van der Waals surface area contributed by atoms with Gasteiger partial charge in [0.15, 0.2) is 11.5 Å². The number of hydrogen-bond acceptors (Lipinski definition) is 6. The van der Waals surface area contributed by atoms with Gasteiger partial charge < -0.3 is 24.4 Å². The van der Waals surface area contributed by atoms with Crippen molar-refractivity contribution in [2.24, 2.45) is 0 Å². The Hall–Kier alpha value is -3.55. The summed E-state index contributed by atoms with van der Waals surface area (Å²) in [5.41, 5.74) is 1.80. The lowest BCUT2D eigenvalue weighted by Crippen LogP contribution is -2.50. The number of carbonyl (C=O) groups excluding carboxylic acids is 3. The molecule has 1 heterocycles. The summed E-state index contributed by atoms with van der Waals surface area (Å²) in [6, 6.07) is 9.35. The van der Waals surface area contributed by atoms with Crippen LogP contribution in [-0.2, 0) is 16.0 Å². The zero-order chi connectivity index (χ0) is 23.4. The molecular formula is C24H28N2O6. The number of Topliss-reactive ketones (excluding diaryl/α,β-unsaturated/α-hetero) is 1. The summed E-state index contributed by atoms with van der Waals surface area (Å²) in [4.78, 5) is 40.9. The lowest BCUT2D eigenvalue weighted by Gasteiger charge is -2.36. The quantitative estimate of drug-likeness (QED) is 0.525. The van der Waals surface area contributed by atoms with E-state index in [1.54, 1.807) is 0 Å². The van der Waals surface area contributed by atoms with Gasteiger partial charge in [-0.1, -0.05) is 24.3 Å². The zero-order valence-corrected chi connectivity index (χ0v) is 18.9. The van der Waals surface area contributed by atoms with Crippen LogP contribution in [0.4, 0.5) is 0 Å². The Morgan fingerprint density at radius 3 is 2.19 bits per heavy atom. The number of fused-ring (bicyclic) bond motifs is 1. The predicted octanol–water partition coefficient (Wildman–Crippen LogP) is 2.55. The van der Waals surface area contributed by atoms with Crippen LogP contribution in [0.15, 0.2) is 36.4 Å². The monoisotopic (exact) mass is 440 g/mol. The summed E-state index contributed by atoms with van der Waals surface area (Å²) >= 11 is 0. The van der Waals surface area contributed by atoms with Crippen molar-refractivity contribution in [3.8, 4) is 17.2 Å². The number of carbonyl (C=O) groups is 3. The largest absolute Gasteiger partial charge is 0.493 e. The van der Waals surface area contributed by atoms with E-state index < -0.39 is 17.7 Å². The van der Waals surface area contributed by atoms with Crippen LogP contribution in [0, 0.1) is 0 Å². The predicted molar refractivity (Wildman–Crippen MR) is 118 cm³/mol. The molecule has 1 aliphatic rings. The van der Waals surface area contributed by atoms with E-state index in [1.807, 2.05) is 38.1 Å². The standard InChI is InChI=1S/C24H28N2O6/c1-14(2)25-23(28)20-17-9-7-6-8-15(17)10-11-26(20)24(29)21(27)16-12-18(30-3)22(32-5)19(13-16)31-4/h6-9,12-14,20H,10-11H2,1-5H3,(H,25,28). The van der Waals surface area contributed by atoms with Gasteiger partial charge in [-0.05, 0) is 43.5 Å². The van der Waals surface area contributed by atoms with Gasteiger partial charge in [0.25, 0.3) is 11.7 Å². The second-order valence-electron chi connectivity index (χ2n) is 7.76. The van der Waals surface area contributed by atoms with E-state index in [2.05, 4.69) is 5.32 Å². The second kappa shape index (κ2) is 9.72. The summed E-state index contributed by atoms with van der Waals surface area (Å²) in [7, 11) is 4.32. The first-order valence-corrected chi connectivity index (χ1v) is 10.4. The number of ether oxygens (including phenoxy) is 3. The highest BCUT2D eigenvalue weighted by molar-refractivity contribution is 6.43. The average Bonchev–Trinajstić information content (AvgIpc) is 2.80. The van der Waals surface area contributed by atoms with Crippen molar-refractivity contribution >= 4 is 17.6 Å². The summed E-state index contributed by atoms with van der Waals surface area (Å²) in [5, 5.41) is 2.87. The summed E-state index contributed by atoms with van der Waals surface area (Å²) < 4.78 is 15.9. The number of benzene rings is 2. The van der Waals surface area contributed by atoms with Crippen molar-refractivity contribution in [1.82, 2.24) is 10.2 Å². The molecule has 2 aromatic carbocycles. The zero-order valence-electron chi connectivity index (χ0n) is 18.9. The van der Waals surface area contributed by atoms with Gasteiger partial charge in [0.1, 0.15) is 6.04 Å². The fourth-order valence-electron chi connectivity index (χ4n) is 3.90. The first-order chi connectivity index (χ1) is 15.3. The minimum absolute atomic E-state index is 0.0892. The number of nitrogens with one attached hydrogen (secondary N) is 1. The van der Waals surface area contributed by atoms with E-state index in [0.717, 1.165) is 11.1 Å². The van der Waals surface area contributed by atoms with Gasteiger partial charge >= 0.3 is 0 Å². The fraction of sp³-hybridized carbons (Fsp3) is 0.375. The maximum Gasteiger partial charge on any atom is 0.295 e. The Bertz CT molecular complexity index is 1010. The molecule has 1 N–H and O–H groups in total. The van der Waals surface area contributed by atoms with Crippen molar-refractivity contribution < 1.29 is 28.6 Å². The van der Waals surface area contributed by atoms with Crippen molar-refractivity contribution in [3.05, 3.63) is 53.1 Å². The van der Waals surface area contributed by atoms with Gasteiger partial charge in [-0.2, -0.15) is 0 Å². The third-order valence-corrected chi connectivity index (χ3v) is 5.34. The van der Waals surface area contributed by atoms with Crippen LogP contribution >= 0.6 is 0 Å². The number of ketones is 1. The SMILES string of the molecule is COc1cc(C(=O)C(=O)N2CCc3ccccc3C2C(=O)NC(C)C)cc(OC)c1OC. The molecule has 8 heteroatoms. The van der Waals surface area contributed by atoms with Crippen molar-refractivity contribution in [3.63, 3.8) is 0 Å². The molecule has 0 saturated carbocycles. The van der Waals surface area contributed by atoms with E-state index in [1.165, 1.54) is 38.4 Å². The second-order valence-corrected chi connectivity index (χ2v) is 7.76. The molecule has 2 amide bonds. The van der Waals surface area contributed by atoms with Gasteiger partial charge in [0, 0.05) is 18.2 Å². The van der Waals surface area contributed by atoms with Gasteiger partial charge in [-0.3, -0.25) is 14.4 Å². The van der Waals surface area contributed by atoms with E-state index in [4.69, 9.17) is 14.2 Å². The van der Waals surface area contributed by atoms with E-state index in [-0.39, 0.29) is 35.6 Å². The summed E-state index contributed by atoms with van der Waals surface area (Å²) in [5.74, 6) is -0.996. The lowest BCUT2D eigenvalue weighted by molar-refractivity contribution is -0.138. The number of methoxy groups -OCH3 is 3. The first-order valence-electron chi connectivity index (χ1n) is 10.4. The molecule has 1 atom stereocenters. The number of hydrogen-bond donors (Lipinski definition) is 1. The Balaban J connectivity index is 2.00. The highest BCUT2D eigenvalue weighted by atomic mass is 16.5. The number of rotatable bonds is 7. The molecule has 0 bridgehead atoms. The average molecular weight is 440 g/mol. The minimum Gasteiger partial charge on any atom is -0.493 e. The lowest BCUT2D eigenvalue weighted by atomic mass is 9.91. The Kier molecular flexibility index (Phi) is 7.02. The Labute approximate surface area is 187 Å². The third-order valence-electron chi connectivity index (χ3n) is 5.34. The van der Waals surface area contributed by atoms with Gasteiger partial charge in [-0.15, -0.1) is 0 Å². The highest BCUT2D eigenvalue weighted by Gasteiger charge is 2.38. The molecule has 0 aliphatic carbocycles. The van der Waals surface area contributed by atoms with E-state index in [9.17, 15) is 14.4 Å². The van der Waals surface area contributed by atoms with E-state index >= 15 is 0 Å². The van der Waals surface area contributed by atoms with E-state index in [0.29, 0.717) is 12.2 Å². The van der Waals surface area contributed by atoms with Crippen LogP contribution in [0.5, 0.6) is 17.2 Å². The molecule has 170 valence electrons.